The molecule has 0 radical (unpaired) electrons. The summed E-state index contributed by atoms with van der Waals surface area (Å²) in [6, 6.07) is 3.78. The maximum absolute atomic E-state index is 5.13. The predicted octanol–water partition coefficient (Wildman–Crippen LogP) is 1.98. The fourth-order valence-electron chi connectivity index (χ4n) is 1.46. The van der Waals surface area contributed by atoms with Gasteiger partial charge >= 0.3 is 0 Å². The van der Waals surface area contributed by atoms with Crippen LogP contribution in [0.4, 0.5) is 5.82 Å². The zero-order valence-corrected chi connectivity index (χ0v) is 9.84. The Morgan fingerprint density at radius 1 is 1.24 bits per heavy atom. The fraction of sp³-hybridized carbons (Fsp3) is 0.250. The topological polar surface area (TPSA) is 59.9 Å². The van der Waals surface area contributed by atoms with Gasteiger partial charge in [0.05, 0.1) is 19.0 Å². The third-order valence-electron chi connectivity index (χ3n) is 2.27. The minimum Gasteiger partial charge on any atom is -0.495 e. The van der Waals surface area contributed by atoms with Crippen LogP contribution in [0.5, 0.6) is 5.75 Å². The molecule has 1 N–H and O–H groups in total. The van der Waals surface area contributed by atoms with Crippen LogP contribution in [0, 0.1) is 0 Å². The van der Waals surface area contributed by atoms with Gasteiger partial charge in [0.1, 0.15) is 17.9 Å². The van der Waals surface area contributed by atoms with Crippen molar-refractivity contribution in [1.82, 2.24) is 15.0 Å². The maximum Gasteiger partial charge on any atom is 0.137 e. The van der Waals surface area contributed by atoms with Crippen molar-refractivity contribution in [3.8, 4) is 17.0 Å². The lowest BCUT2D eigenvalue weighted by atomic mass is 10.2. The highest BCUT2D eigenvalue weighted by molar-refractivity contribution is 5.62. The lowest BCUT2D eigenvalue weighted by molar-refractivity contribution is 0.413. The summed E-state index contributed by atoms with van der Waals surface area (Å²) >= 11 is 0. The Balaban J connectivity index is 2.34. The van der Waals surface area contributed by atoms with Crippen molar-refractivity contribution < 1.29 is 4.74 Å². The highest BCUT2D eigenvalue weighted by Gasteiger charge is 2.03. The average Bonchev–Trinajstić information content (AvgIpc) is 2.40. The first kappa shape index (κ1) is 11.3. The Kier molecular flexibility index (Phi) is 3.49. The van der Waals surface area contributed by atoms with Crippen LogP contribution in [0.15, 0.2) is 30.9 Å². The molecule has 0 fully saturated rings. The summed E-state index contributed by atoms with van der Waals surface area (Å²) in [5.41, 5.74) is 1.73. The van der Waals surface area contributed by atoms with E-state index in [-0.39, 0.29) is 0 Å². The SMILES string of the molecule is CCNc1cc(-c2cncc(OC)c2)ncn1. The van der Waals surface area contributed by atoms with E-state index in [4.69, 9.17) is 4.74 Å². The van der Waals surface area contributed by atoms with Crippen molar-refractivity contribution in [1.29, 1.82) is 0 Å². The van der Waals surface area contributed by atoms with E-state index in [1.54, 1.807) is 19.5 Å². The molecule has 0 unspecified atom stereocenters. The van der Waals surface area contributed by atoms with Crippen molar-refractivity contribution in [3.63, 3.8) is 0 Å². The molecule has 0 aliphatic carbocycles. The number of hydrogen-bond acceptors (Lipinski definition) is 5. The number of pyridine rings is 1. The predicted molar refractivity (Wildman–Crippen MR) is 66.0 cm³/mol. The van der Waals surface area contributed by atoms with E-state index < -0.39 is 0 Å². The highest BCUT2D eigenvalue weighted by Crippen LogP contribution is 2.21. The van der Waals surface area contributed by atoms with Crippen molar-refractivity contribution in [2.24, 2.45) is 0 Å². The van der Waals surface area contributed by atoms with E-state index in [0.29, 0.717) is 5.75 Å². The van der Waals surface area contributed by atoms with E-state index in [0.717, 1.165) is 23.6 Å². The summed E-state index contributed by atoms with van der Waals surface area (Å²) in [4.78, 5) is 12.4. The van der Waals surface area contributed by atoms with Gasteiger partial charge in [-0.15, -0.1) is 0 Å². The van der Waals surface area contributed by atoms with Gasteiger partial charge in [0.2, 0.25) is 0 Å². The van der Waals surface area contributed by atoms with Gasteiger partial charge in [-0.1, -0.05) is 0 Å². The Bertz CT molecular complexity index is 501. The van der Waals surface area contributed by atoms with Crippen LogP contribution in [-0.4, -0.2) is 28.6 Å². The molecular weight excluding hydrogens is 216 g/mol. The number of hydrogen-bond donors (Lipinski definition) is 1. The third-order valence-corrected chi connectivity index (χ3v) is 2.27. The molecule has 0 saturated heterocycles. The smallest absolute Gasteiger partial charge is 0.137 e. The molecule has 2 rings (SSSR count). The van der Waals surface area contributed by atoms with E-state index in [1.807, 2.05) is 19.1 Å². The number of aromatic nitrogens is 3. The van der Waals surface area contributed by atoms with Gasteiger partial charge < -0.3 is 10.1 Å². The fourth-order valence-corrected chi connectivity index (χ4v) is 1.46. The molecule has 5 heteroatoms. The van der Waals surface area contributed by atoms with E-state index >= 15 is 0 Å². The molecule has 0 aromatic carbocycles. The first-order chi connectivity index (χ1) is 8.33. The first-order valence-corrected chi connectivity index (χ1v) is 5.39. The molecule has 2 aromatic rings. The Hall–Kier alpha value is -2.17. The summed E-state index contributed by atoms with van der Waals surface area (Å²) in [5, 5.41) is 3.14. The van der Waals surface area contributed by atoms with Crippen LogP contribution in [0.2, 0.25) is 0 Å². The minimum atomic E-state index is 0.714. The molecule has 5 nitrogen and oxygen atoms in total. The minimum absolute atomic E-state index is 0.714. The summed E-state index contributed by atoms with van der Waals surface area (Å²) in [5.74, 6) is 1.52. The molecular formula is C12H14N4O. The standard InChI is InChI=1S/C12H14N4O/c1-3-14-12-5-11(15-8-16-12)9-4-10(17-2)7-13-6-9/h4-8H,3H2,1-2H3,(H,14,15,16). The van der Waals surface area contributed by atoms with Gasteiger partial charge in [-0.3, -0.25) is 4.98 Å². The lowest BCUT2D eigenvalue weighted by Crippen LogP contribution is -2.00. The number of methoxy groups -OCH3 is 1. The van der Waals surface area contributed by atoms with Crippen LogP contribution in [0.25, 0.3) is 11.3 Å². The molecule has 17 heavy (non-hydrogen) atoms. The summed E-state index contributed by atoms with van der Waals surface area (Å²) in [7, 11) is 1.62. The van der Waals surface area contributed by atoms with E-state index in [1.165, 1.54) is 6.33 Å². The van der Waals surface area contributed by atoms with Gasteiger partial charge in [-0.2, -0.15) is 0 Å². The Labute approximate surface area is 99.9 Å². The van der Waals surface area contributed by atoms with Gasteiger partial charge in [-0.05, 0) is 13.0 Å². The molecule has 0 bridgehead atoms. The molecule has 0 saturated carbocycles. The molecule has 0 atom stereocenters. The van der Waals surface area contributed by atoms with E-state index in [9.17, 15) is 0 Å². The first-order valence-electron chi connectivity index (χ1n) is 5.39. The highest BCUT2D eigenvalue weighted by atomic mass is 16.5. The van der Waals surface area contributed by atoms with Crippen molar-refractivity contribution in [3.05, 3.63) is 30.9 Å². The van der Waals surface area contributed by atoms with E-state index in [2.05, 4.69) is 20.3 Å². The monoisotopic (exact) mass is 230 g/mol. The van der Waals surface area contributed by atoms with Crippen LogP contribution in [-0.2, 0) is 0 Å². The Morgan fingerprint density at radius 2 is 2.12 bits per heavy atom. The summed E-state index contributed by atoms with van der Waals surface area (Å²) in [6.45, 7) is 2.85. The molecule has 0 aliphatic rings. The van der Waals surface area contributed by atoms with Gasteiger partial charge in [0.25, 0.3) is 0 Å². The molecule has 2 aromatic heterocycles. The van der Waals surface area contributed by atoms with Gasteiger partial charge in [-0.25, -0.2) is 9.97 Å². The van der Waals surface area contributed by atoms with Gasteiger partial charge in [0.15, 0.2) is 0 Å². The maximum atomic E-state index is 5.13. The second-order valence-corrected chi connectivity index (χ2v) is 3.43. The third kappa shape index (κ3) is 2.69. The average molecular weight is 230 g/mol. The molecule has 0 aliphatic heterocycles. The number of ether oxygens (including phenoxy) is 1. The lowest BCUT2D eigenvalue weighted by Gasteiger charge is -2.05. The summed E-state index contributed by atoms with van der Waals surface area (Å²) in [6.07, 6.45) is 4.95. The summed E-state index contributed by atoms with van der Waals surface area (Å²) < 4.78 is 5.13. The van der Waals surface area contributed by atoms with Crippen molar-refractivity contribution >= 4 is 5.82 Å². The quantitative estimate of drug-likeness (QED) is 0.870. The molecule has 2 heterocycles. The molecule has 0 spiro atoms. The van der Waals surface area contributed by atoms with Gasteiger partial charge in [0, 0.05) is 24.4 Å². The van der Waals surface area contributed by atoms with Crippen LogP contribution in [0.1, 0.15) is 6.92 Å². The number of nitrogens with one attached hydrogen (secondary N) is 1. The van der Waals surface area contributed by atoms with Crippen LogP contribution < -0.4 is 10.1 Å². The van der Waals surface area contributed by atoms with Crippen molar-refractivity contribution in [2.75, 3.05) is 19.0 Å². The molecule has 0 amide bonds. The zero-order chi connectivity index (χ0) is 12.1. The number of nitrogens with zero attached hydrogens (tertiary/aromatic N) is 3. The second kappa shape index (κ2) is 5.25. The molecule has 88 valence electrons. The Morgan fingerprint density at radius 3 is 2.88 bits per heavy atom. The second-order valence-electron chi connectivity index (χ2n) is 3.43. The normalized spacial score (nSPS) is 10.0. The van der Waals surface area contributed by atoms with Crippen LogP contribution >= 0.6 is 0 Å². The number of anilines is 1. The number of rotatable bonds is 4. The zero-order valence-electron chi connectivity index (χ0n) is 9.84. The van der Waals surface area contributed by atoms with Crippen molar-refractivity contribution in [2.45, 2.75) is 6.92 Å². The van der Waals surface area contributed by atoms with Crippen LogP contribution in [0.3, 0.4) is 0 Å². The largest absolute Gasteiger partial charge is 0.495 e.